The number of tetrazole rings is 1. The van der Waals surface area contributed by atoms with Crippen LogP contribution in [0.1, 0.15) is 40.6 Å². The second-order valence-electron chi connectivity index (χ2n) is 6.00. The summed E-state index contributed by atoms with van der Waals surface area (Å²) in [6, 6.07) is 13.7. The number of nitrogens with zero attached hydrogens (tertiary/aromatic N) is 4. The highest BCUT2D eigenvalue weighted by atomic mass is 19.1. The molecule has 0 aliphatic heterocycles. The van der Waals surface area contributed by atoms with E-state index in [0.29, 0.717) is 0 Å². The molecule has 7 heteroatoms. The summed E-state index contributed by atoms with van der Waals surface area (Å²) in [6.45, 7) is 0. The lowest BCUT2D eigenvalue weighted by Crippen LogP contribution is -2.31. The third kappa shape index (κ3) is 3.13. The molecular formula is C18H16FN5O. The van der Waals surface area contributed by atoms with E-state index in [2.05, 4.69) is 20.7 Å². The normalized spacial score (nSPS) is 16.3. The van der Waals surface area contributed by atoms with Gasteiger partial charge in [0.25, 0.3) is 11.7 Å². The second kappa shape index (κ2) is 6.43. The summed E-state index contributed by atoms with van der Waals surface area (Å²) in [4.78, 5) is 13.8. The molecule has 0 fully saturated rings. The molecule has 0 spiro atoms. The number of aromatic nitrogens is 4. The number of nitrogens with one attached hydrogen (secondary N) is 1. The number of rotatable bonds is 3. The highest BCUT2D eigenvalue weighted by Crippen LogP contribution is 2.30. The van der Waals surface area contributed by atoms with Gasteiger partial charge < -0.3 is 5.32 Å². The quantitative estimate of drug-likeness (QED) is 0.797. The van der Waals surface area contributed by atoms with Gasteiger partial charge in [0.15, 0.2) is 0 Å². The Morgan fingerprint density at radius 2 is 2.04 bits per heavy atom. The fourth-order valence-electron chi connectivity index (χ4n) is 3.12. The summed E-state index contributed by atoms with van der Waals surface area (Å²) in [6.07, 6.45) is 2.59. The van der Waals surface area contributed by atoms with Crippen molar-refractivity contribution in [2.45, 2.75) is 25.3 Å². The van der Waals surface area contributed by atoms with Crippen LogP contribution in [0.3, 0.4) is 0 Å². The summed E-state index contributed by atoms with van der Waals surface area (Å²) < 4.78 is 13.6. The van der Waals surface area contributed by atoms with Gasteiger partial charge in [-0.2, -0.15) is 0 Å². The molecule has 0 saturated heterocycles. The van der Waals surface area contributed by atoms with Crippen LogP contribution in [0.15, 0.2) is 48.5 Å². The molecule has 0 unspecified atom stereocenters. The summed E-state index contributed by atoms with van der Waals surface area (Å²) in [5.41, 5.74) is 2.62. The van der Waals surface area contributed by atoms with Gasteiger partial charge in [-0.05, 0) is 59.9 Å². The van der Waals surface area contributed by atoms with Crippen molar-refractivity contribution in [1.29, 1.82) is 0 Å². The third-order valence-corrected chi connectivity index (χ3v) is 4.33. The lowest BCUT2D eigenvalue weighted by atomic mass is 9.87. The molecule has 126 valence electrons. The van der Waals surface area contributed by atoms with Gasteiger partial charge in [0.1, 0.15) is 5.82 Å². The average molecular weight is 337 g/mol. The van der Waals surface area contributed by atoms with Crippen molar-refractivity contribution in [3.05, 3.63) is 71.3 Å². The average Bonchev–Trinajstić information content (AvgIpc) is 3.13. The standard InChI is InChI=1S/C18H16FN5O/c19-13-10-9-12-5-4-8-16(15(12)11-13)20-18(25)17-21-23-24(22-17)14-6-2-1-3-7-14/h1-3,6-7,9-11,16H,4-5,8H2,(H,20,25)/t16-/m0/s1. The van der Waals surface area contributed by atoms with E-state index >= 15 is 0 Å². The van der Waals surface area contributed by atoms with Crippen LogP contribution in [0.25, 0.3) is 5.69 Å². The van der Waals surface area contributed by atoms with E-state index in [1.54, 1.807) is 6.07 Å². The molecule has 1 atom stereocenters. The van der Waals surface area contributed by atoms with Crippen molar-refractivity contribution in [3.8, 4) is 5.69 Å². The van der Waals surface area contributed by atoms with Crippen molar-refractivity contribution in [2.24, 2.45) is 0 Å². The summed E-state index contributed by atoms with van der Waals surface area (Å²) >= 11 is 0. The predicted octanol–water partition coefficient (Wildman–Crippen LogP) is 2.61. The number of halogens is 1. The first-order valence-electron chi connectivity index (χ1n) is 8.15. The van der Waals surface area contributed by atoms with Crippen LogP contribution in [-0.4, -0.2) is 26.1 Å². The zero-order valence-corrected chi connectivity index (χ0v) is 13.4. The minimum absolute atomic E-state index is 0.00706. The highest BCUT2D eigenvalue weighted by Gasteiger charge is 2.24. The van der Waals surface area contributed by atoms with Gasteiger partial charge in [0, 0.05) is 0 Å². The van der Waals surface area contributed by atoms with Gasteiger partial charge in [-0.1, -0.05) is 24.3 Å². The van der Waals surface area contributed by atoms with E-state index in [1.807, 2.05) is 30.3 Å². The molecule has 1 aliphatic carbocycles. The first-order chi connectivity index (χ1) is 12.2. The van der Waals surface area contributed by atoms with E-state index in [1.165, 1.54) is 16.9 Å². The summed E-state index contributed by atoms with van der Waals surface area (Å²) in [5.74, 6) is -0.718. The fourth-order valence-corrected chi connectivity index (χ4v) is 3.12. The maximum absolute atomic E-state index is 13.6. The van der Waals surface area contributed by atoms with Crippen molar-refractivity contribution in [1.82, 2.24) is 25.5 Å². The van der Waals surface area contributed by atoms with Crippen LogP contribution in [0, 0.1) is 5.82 Å². The summed E-state index contributed by atoms with van der Waals surface area (Å²) in [7, 11) is 0. The smallest absolute Gasteiger partial charge is 0.293 e. The van der Waals surface area contributed by atoms with E-state index in [0.717, 1.165) is 36.1 Å². The maximum atomic E-state index is 13.6. The number of fused-ring (bicyclic) bond motifs is 1. The molecule has 1 heterocycles. The highest BCUT2D eigenvalue weighted by molar-refractivity contribution is 5.90. The van der Waals surface area contributed by atoms with Crippen molar-refractivity contribution in [3.63, 3.8) is 0 Å². The van der Waals surface area contributed by atoms with Crippen LogP contribution >= 0.6 is 0 Å². The Bertz CT molecular complexity index is 909. The van der Waals surface area contributed by atoms with E-state index in [-0.39, 0.29) is 17.7 Å². The van der Waals surface area contributed by atoms with Gasteiger partial charge in [-0.25, -0.2) is 4.39 Å². The van der Waals surface area contributed by atoms with Gasteiger partial charge in [-0.15, -0.1) is 15.0 Å². The lowest BCUT2D eigenvalue weighted by molar-refractivity contribution is 0.0922. The molecule has 1 aromatic heterocycles. The number of carbonyl (C=O) groups is 1. The number of hydrogen-bond donors (Lipinski definition) is 1. The number of para-hydroxylation sites is 1. The molecule has 4 rings (SSSR count). The lowest BCUT2D eigenvalue weighted by Gasteiger charge is -2.25. The van der Waals surface area contributed by atoms with Crippen molar-refractivity contribution in [2.75, 3.05) is 0 Å². The minimum atomic E-state index is -0.413. The Morgan fingerprint density at radius 1 is 1.20 bits per heavy atom. The zero-order chi connectivity index (χ0) is 17.2. The SMILES string of the molecule is O=C(N[C@H]1CCCc2ccc(F)cc21)c1nnn(-c2ccccc2)n1. The first kappa shape index (κ1) is 15.4. The maximum Gasteiger partial charge on any atom is 0.293 e. The van der Waals surface area contributed by atoms with Crippen LogP contribution in [0.2, 0.25) is 0 Å². The van der Waals surface area contributed by atoms with Crippen molar-refractivity contribution >= 4 is 5.91 Å². The minimum Gasteiger partial charge on any atom is -0.342 e. The molecule has 0 bridgehead atoms. The molecule has 1 amide bonds. The van der Waals surface area contributed by atoms with Gasteiger partial charge in [0.05, 0.1) is 11.7 Å². The number of aryl methyl sites for hydroxylation is 1. The molecule has 3 aromatic rings. The molecule has 2 aromatic carbocycles. The Hall–Kier alpha value is -3.09. The molecular weight excluding hydrogens is 321 g/mol. The molecule has 0 saturated carbocycles. The summed E-state index contributed by atoms with van der Waals surface area (Å²) in [5, 5.41) is 14.8. The monoisotopic (exact) mass is 337 g/mol. The Balaban J connectivity index is 1.54. The Kier molecular flexibility index (Phi) is 3.97. The van der Waals surface area contributed by atoms with E-state index < -0.39 is 5.91 Å². The van der Waals surface area contributed by atoms with Crippen LogP contribution < -0.4 is 5.32 Å². The van der Waals surface area contributed by atoms with Crippen LogP contribution in [0.4, 0.5) is 4.39 Å². The third-order valence-electron chi connectivity index (χ3n) is 4.33. The largest absolute Gasteiger partial charge is 0.342 e. The molecule has 6 nitrogen and oxygen atoms in total. The zero-order valence-electron chi connectivity index (χ0n) is 13.4. The molecule has 1 aliphatic rings. The van der Waals surface area contributed by atoms with Crippen LogP contribution in [-0.2, 0) is 6.42 Å². The predicted molar refractivity (Wildman–Crippen MR) is 88.7 cm³/mol. The molecule has 25 heavy (non-hydrogen) atoms. The molecule has 1 N–H and O–H groups in total. The topological polar surface area (TPSA) is 72.7 Å². The van der Waals surface area contributed by atoms with Crippen molar-refractivity contribution < 1.29 is 9.18 Å². The first-order valence-corrected chi connectivity index (χ1v) is 8.15. The fraction of sp³-hybridized carbons (Fsp3) is 0.222. The second-order valence-corrected chi connectivity index (χ2v) is 6.00. The molecule has 0 radical (unpaired) electrons. The Morgan fingerprint density at radius 3 is 2.88 bits per heavy atom. The Labute approximate surface area is 143 Å². The van der Waals surface area contributed by atoms with Gasteiger partial charge in [0.2, 0.25) is 0 Å². The number of hydrogen-bond acceptors (Lipinski definition) is 4. The van der Waals surface area contributed by atoms with Gasteiger partial charge >= 0.3 is 0 Å². The van der Waals surface area contributed by atoms with E-state index in [4.69, 9.17) is 0 Å². The number of benzene rings is 2. The van der Waals surface area contributed by atoms with E-state index in [9.17, 15) is 9.18 Å². The number of amides is 1. The van der Waals surface area contributed by atoms with Gasteiger partial charge in [-0.3, -0.25) is 4.79 Å². The number of carbonyl (C=O) groups excluding carboxylic acids is 1. The van der Waals surface area contributed by atoms with Crippen LogP contribution in [0.5, 0.6) is 0 Å².